The van der Waals surface area contributed by atoms with E-state index in [9.17, 15) is 76.6 Å². The van der Waals surface area contributed by atoms with Gasteiger partial charge in [-0.3, -0.25) is 0 Å². The number of hydrogen-bond acceptors (Lipinski definition) is 23. The first-order chi connectivity index (χ1) is 35.5. The lowest BCUT2D eigenvalue weighted by Crippen LogP contribution is -2.69. The van der Waals surface area contributed by atoms with Crippen molar-refractivity contribution in [2.24, 2.45) is 45.3 Å². The molecule has 76 heavy (non-hydrogen) atoms. The standard InChI is InChI=1S/C53H90O23/c1-22(2)25(56)12-16-53(8,76-47-42(68)38(64)36(62)30(73-47)21-70-45-40(66)33(59)27(58)20-69-45)24-11-15-51(6)23(24)9-10-31-50(5)14-13-32(49(3,4)44(50)26(57)17-52(31,51)7)74-48-43(39(65)35(61)29(19-55)72-48)75-46-41(67)37(63)34(60)28(18-54)71-46/h23-24,26-48,54-68H,9-21H2,1-8H3/t23-,24+,26+,27+,28-,29-,30-,31-,32+,33+,34-,35-,36-,37+,38+,39+,40-,41-,42-,43-,44+,45+,46+,47+,48+,50-,51-,52-,53+/m1/s1. The Morgan fingerprint density at radius 2 is 1.17 bits per heavy atom. The van der Waals surface area contributed by atoms with E-state index in [1.54, 1.807) is 13.8 Å². The molecule has 4 heterocycles. The van der Waals surface area contributed by atoms with Crippen LogP contribution in [0, 0.1) is 45.3 Å². The highest BCUT2D eigenvalue weighted by Crippen LogP contribution is 2.76. The fourth-order valence-corrected chi connectivity index (χ4v) is 16.2. The highest BCUT2D eigenvalue weighted by Gasteiger charge is 2.72. The van der Waals surface area contributed by atoms with E-state index in [4.69, 9.17) is 37.9 Å². The smallest absolute Gasteiger partial charge is 0.187 e. The van der Waals surface area contributed by atoms with Crippen molar-refractivity contribution in [1.82, 2.24) is 0 Å². The molecule has 4 aliphatic carbocycles. The summed E-state index contributed by atoms with van der Waals surface area (Å²) in [6.07, 6.45) is -26.3. The minimum Gasteiger partial charge on any atom is -0.512 e. The molecule has 4 saturated carbocycles. The molecular formula is C53H90O23. The molecule has 15 N–H and O–H groups in total. The normalized spacial score (nSPS) is 52.2. The lowest BCUT2D eigenvalue weighted by Gasteiger charge is -2.71. The van der Waals surface area contributed by atoms with Crippen LogP contribution in [0.15, 0.2) is 11.3 Å². The highest BCUT2D eigenvalue weighted by molar-refractivity contribution is 5.21. The van der Waals surface area contributed by atoms with Crippen molar-refractivity contribution >= 4 is 0 Å². The molecule has 8 fully saturated rings. The van der Waals surface area contributed by atoms with Crippen LogP contribution in [0.4, 0.5) is 0 Å². The predicted molar refractivity (Wildman–Crippen MR) is 262 cm³/mol. The number of ether oxygens (including phenoxy) is 8. The van der Waals surface area contributed by atoms with E-state index in [2.05, 4.69) is 20.8 Å². The van der Waals surface area contributed by atoms with Gasteiger partial charge in [-0.1, -0.05) is 34.6 Å². The Labute approximate surface area is 444 Å². The Morgan fingerprint density at radius 3 is 1.80 bits per heavy atom. The molecule has 0 unspecified atom stereocenters. The second-order valence-electron chi connectivity index (χ2n) is 25.4. The minimum absolute atomic E-state index is 0.0139. The monoisotopic (exact) mass is 1090 g/mol. The van der Waals surface area contributed by atoms with Crippen LogP contribution in [0.3, 0.4) is 0 Å². The van der Waals surface area contributed by atoms with Crippen molar-refractivity contribution in [2.75, 3.05) is 26.4 Å². The minimum atomic E-state index is -1.84. The van der Waals surface area contributed by atoms with Crippen molar-refractivity contribution in [1.29, 1.82) is 0 Å². The fraction of sp³-hybridized carbons (Fsp3) is 0.962. The van der Waals surface area contributed by atoms with E-state index in [-0.39, 0.29) is 47.9 Å². The van der Waals surface area contributed by atoms with Crippen molar-refractivity contribution < 1.29 is 114 Å². The highest BCUT2D eigenvalue weighted by atomic mass is 16.8. The lowest BCUT2D eigenvalue weighted by molar-refractivity contribution is -0.379. The summed E-state index contributed by atoms with van der Waals surface area (Å²) in [6.45, 7) is 14.2. The third-order valence-corrected chi connectivity index (χ3v) is 20.6. The van der Waals surface area contributed by atoms with Crippen LogP contribution < -0.4 is 0 Å². The van der Waals surface area contributed by atoms with Gasteiger partial charge >= 0.3 is 0 Å². The Kier molecular flexibility index (Phi) is 18.2. The van der Waals surface area contributed by atoms with Gasteiger partial charge in [-0.05, 0) is 123 Å². The number of hydrogen-bond donors (Lipinski definition) is 15. The van der Waals surface area contributed by atoms with Crippen LogP contribution in [0.25, 0.3) is 0 Å². The first-order valence-corrected chi connectivity index (χ1v) is 27.4. The van der Waals surface area contributed by atoms with Crippen LogP contribution in [0.5, 0.6) is 0 Å². The van der Waals surface area contributed by atoms with Crippen molar-refractivity contribution in [2.45, 2.75) is 248 Å². The summed E-state index contributed by atoms with van der Waals surface area (Å²) in [7, 11) is 0. The van der Waals surface area contributed by atoms with Crippen LogP contribution in [0.2, 0.25) is 0 Å². The van der Waals surface area contributed by atoms with E-state index in [1.807, 2.05) is 20.8 Å². The van der Waals surface area contributed by atoms with Gasteiger partial charge in [0, 0.05) is 6.42 Å². The van der Waals surface area contributed by atoms with Crippen LogP contribution in [-0.4, -0.2) is 238 Å². The Morgan fingerprint density at radius 1 is 0.592 bits per heavy atom. The summed E-state index contributed by atoms with van der Waals surface area (Å²) in [5.74, 6) is -0.208. The van der Waals surface area contributed by atoms with Gasteiger partial charge in [0.2, 0.25) is 0 Å². The number of aliphatic hydroxyl groups is 15. The number of aliphatic hydroxyl groups excluding tert-OH is 15. The molecule has 23 heteroatoms. The average Bonchev–Trinajstić information content (AvgIpc) is 3.75. The topological polar surface area (TPSA) is 377 Å². The third kappa shape index (κ3) is 10.5. The van der Waals surface area contributed by atoms with Crippen LogP contribution in [-0.2, 0) is 37.9 Å². The zero-order valence-electron chi connectivity index (χ0n) is 45.1. The second kappa shape index (κ2) is 22.8. The summed E-state index contributed by atoms with van der Waals surface area (Å²) < 4.78 is 48.6. The molecule has 29 atom stereocenters. The van der Waals surface area contributed by atoms with E-state index in [1.165, 1.54) is 0 Å². The lowest BCUT2D eigenvalue weighted by atomic mass is 9.35. The molecule has 0 spiro atoms. The molecule has 0 aromatic rings. The largest absolute Gasteiger partial charge is 0.512 e. The fourth-order valence-electron chi connectivity index (χ4n) is 16.2. The van der Waals surface area contributed by atoms with Gasteiger partial charge in [0.05, 0.1) is 50.0 Å². The van der Waals surface area contributed by atoms with E-state index < -0.39 is 171 Å². The second-order valence-corrected chi connectivity index (χ2v) is 25.4. The van der Waals surface area contributed by atoms with Gasteiger partial charge < -0.3 is 114 Å². The quantitative estimate of drug-likeness (QED) is 0.0643. The predicted octanol–water partition coefficient (Wildman–Crippen LogP) is -1.68. The van der Waals surface area contributed by atoms with Gasteiger partial charge in [0.25, 0.3) is 0 Å². The van der Waals surface area contributed by atoms with Crippen molar-refractivity contribution in [3.05, 3.63) is 11.3 Å². The Bertz CT molecular complexity index is 1990. The maximum atomic E-state index is 12.8. The molecule has 0 amide bonds. The third-order valence-electron chi connectivity index (χ3n) is 20.6. The zero-order valence-corrected chi connectivity index (χ0v) is 45.1. The Hall–Kier alpha value is -1.34. The van der Waals surface area contributed by atoms with Gasteiger partial charge in [-0.25, -0.2) is 0 Å². The summed E-state index contributed by atoms with van der Waals surface area (Å²) in [6, 6.07) is 0. The van der Waals surface area contributed by atoms with E-state index >= 15 is 0 Å². The van der Waals surface area contributed by atoms with Gasteiger partial charge in [-0.15, -0.1) is 0 Å². The van der Waals surface area contributed by atoms with Crippen LogP contribution >= 0.6 is 0 Å². The molecule has 0 bridgehead atoms. The molecular weight excluding hydrogens is 1000 g/mol. The molecule has 0 radical (unpaired) electrons. The molecule has 440 valence electrons. The molecule has 8 rings (SSSR count). The molecule has 0 aromatic carbocycles. The first kappa shape index (κ1) is 60.7. The number of rotatable bonds is 15. The van der Waals surface area contributed by atoms with Gasteiger partial charge in [0.1, 0.15) is 91.6 Å². The van der Waals surface area contributed by atoms with Crippen molar-refractivity contribution in [3.8, 4) is 0 Å². The Balaban J connectivity index is 1.02. The summed E-state index contributed by atoms with van der Waals surface area (Å²) in [5.41, 5.74) is -2.38. The van der Waals surface area contributed by atoms with Gasteiger partial charge in [0.15, 0.2) is 25.2 Å². The van der Waals surface area contributed by atoms with Crippen LogP contribution in [0.1, 0.15) is 113 Å². The van der Waals surface area contributed by atoms with Crippen molar-refractivity contribution in [3.63, 3.8) is 0 Å². The number of allylic oxidation sites excluding steroid dienone is 2. The first-order valence-electron chi connectivity index (χ1n) is 27.4. The van der Waals surface area contributed by atoms with E-state index in [0.29, 0.717) is 32.1 Å². The average molecular weight is 1100 g/mol. The SMILES string of the molecule is CC(C)=C(O)CC[C@](C)(O[C@@H]1O[C@H](CO[C@@H]2OC[C@H](O)[C@H](O)[C@H]2O)[C@@H](O)[C@H](O)[C@H]1O)[C@H]1CC[C@]2(C)[C@@H]1CC[C@@H]1[C@@]3(C)CC[C@H](O[C@@H]4O[C@H](CO)[C@@H](O)[C@H](O)[C@H]4O[C@@H]4O[C@H](CO)[C@@H](O)[C@H](O)[C@H]4O)C(C)(C)[C@@H]3[C@@H](O)C[C@]12C. The maximum absolute atomic E-state index is 12.8. The molecule has 0 aromatic heterocycles. The maximum Gasteiger partial charge on any atom is 0.187 e. The summed E-state index contributed by atoms with van der Waals surface area (Å²) in [5, 5.41) is 162. The van der Waals surface area contributed by atoms with E-state index in [0.717, 1.165) is 24.8 Å². The summed E-state index contributed by atoms with van der Waals surface area (Å²) >= 11 is 0. The van der Waals surface area contributed by atoms with Gasteiger partial charge in [-0.2, -0.15) is 0 Å². The number of fused-ring (bicyclic) bond motifs is 5. The molecule has 23 nitrogen and oxygen atoms in total. The molecule has 4 saturated heterocycles. The summed E-state index contributed by atoms with van der Waals surface area (Å²) in [4.78, 5) is 0. The zero-order chi connectivity index (χ0) is 55.9. The molecule has 4 aliphatic heterocycles. The molecule has 8 aliphatic rings.